The van der Waals surface area contributed by atoms with Crippen LogP contribution >= 0.6 is 0 Å². The second-order valence-electron chi connectivity index (χ2n) is 5.66. The van der Waals surface area contributed by atoms with E-state index in [1.807, 2.05) is 60.7 Å². The molecule has 0 saturated carbocycles. The predicted octanol–water partition coefficient (Wildman–Crippen LogP) is 3.52. The number of carbonyl (C=O) groups excluding carboxylic acids is 1. The summed E-state index contributed by atoms with van der Waals surface area (Å²) in [5.74, 6) is 0.452. The lowest BCUT2D eigenvalue weighted by atomic mass is 10.0. The van der Waals surface area contributed by atoms with Gasteiger partial charge in [0.25, 0.3) is 5.91 Å². The third-order valence-corrected chi connectivity index (χ3v) is 4.01. The molecule has 0 aliphatic rings. The third-order valence-electron chi connectivity index (χ3n) is 4.01. The minimum absolute atomic E-state index is 0.215. The number of fused-ring (bicyclic) bond motifs is 1. The van der Waals surface area contributed by atoms with Gasteiger partial charge in [0.1, 0.15) is 19.5 Å². The molecule has 3 aromatic rings. The Bertz CT molecular complexity index is 951. The van der Waals surface area contributed by atoms with Crippen molar-refractivity contribution in [3.8, 4) is 5.75 Å². The highest BCUT2D eigenvalue weighted by molar-refractivity contribution is 6.45. The van der Waals surface area contributed by atoms with E-state index >= 15 is 0 Å². The zero-order valence-corrected chi connectivity index (χ0v) is 14.7. The first kappa shape index (κ1) is 17.5. The summed E-state index contributed by atoms with van der Waals surface area (Å²) in [7, 11) is 2.97. The Balaban J connectivity index is 1.85. The van der Waals surface area contributed by atoms with Gasteiger partial charge in [0.05, 0.1) is 0 Å². The molecule has 5 nitrogen and oxygen atoms in total. The van der Waals surface area contributed by atoms with E-state index in [4.69, 9.17) is 9.57 Å². The molecule has 0 unspecified atom stereocenters. The lowest BCUT2D eigenvalue weighted by Crippen LogP contribution is -2.29. The standard InChI is InChI=1S/C21H20N2O3/c1-22-21(24)20(23-25-2)19-10-6-5-9-17(19)14-26-18-12-11-15-7-3-4-8-16(15)13-18/h3-13H,14H2,1-2H3,(H,22,24). The van der Waals surface area contributed by atoms with Crippen LogP contribution in [0.3, 0.4) is 0 Å². The van der Waals surface area contributed by atoms with Gasteiger partial charge < -0.3 is 14.9 Å². The van der Waals surface area contributed by atoms with E-state index in [2.05, 4.69) is 16.5 Å². The van der Waals surface area contributed by atoms with E-state index in [1.165, 1.54) is 7.11 Å². The number of rotatable bonds is 6. The summed E-state index contributed by atoms with van der Waals surface area (Å²) in [4.78, 5) is 16.9. The zero-order chi connectivity index (χ0) is 18.4. The van der Waals surface area contributed by atoms with E-state index < -0.39 is 0 Å². The lowest BCUT2D eigenvalue weighted by molar-refractivity contribution is -0.114. The second kappa shape index (κ2) is 8.16. The van der Waals surface area contributed by atoms with Crippen LogP contribution in [-0.2, 0) is 16.2 Å². The van der Waals surface area contributed by atoms with Gasteiger partial charge in [-0.3, -0.25) is 4.79 Å². The Morgan fingerprint density at radius 1 is 1.00 bits per heavy atom. The molecule has 1 N–H and O–H groups in total. The van der Waals surface area contributed by atoms with Crippen LogP contribution in [0.1, 0.15) is 11.1 Å². The van der Waals surface area contributed by atoms with E-state index in [0.29, 0.717) is 12.2 Å². The molecule has 5 heteroatoms. The van der Waals surface area contributed by atoms with Gasteiger partial charge in [0.15, 0.2) is 5.71 Å². The smallest absolute Gasteiger partial charge is 0.273 e. The van der Waals surface area contributed by atoms with E-state index in [-0.39, 0.29) is 11.6 Å². The average molecular weight is 348 g/mol. The van der Waals surface area contributed by atoms with Crippen molar-refractivity contribution in [2.45, 2.75) is 6.61 Å². The molecule has 0 aliphatic heterocycles. The second-order valence-corrected chi connectivity index (χ2v) is 5.66. The van der Waals surface area contributed by atoms with Crippen molar-refractivity contribution in [2.24, 2.45) is 5.16 Å². The highest BCUT2D eigenvalue weighted by Crippen LogP contribution is 2.22. The molecule has 3 aromatic carbocycles. The number of oxime groups is 1. The molecule has 0 atom stereocenters. The first-order valence-electron chi connectivity index (χ1n) is 8.26. The number of hydrogen-bond donors (Lipinski definition) is 1. The first-order valence-corrected chi connectivity index (χ1v) is 8.26. The molecule has 0 spiro atoms. The van der Waals surface area contributed by atoms with Gasteiger partial charge in [-0.2, -0.15) is 0 Å². The Morgan fingerprint density at radius 3 is 2.50 bits per heavy atom. The quantitative estimate of drug-likeness (QED) is 0.548. The van der Waals surface area contributed by atoms with Gasteiger partial charge in [-0.15, -0.1) is 0 Å². The molecule has 0 heterocycles. The maximum Gasteiger partial charge on any atom is 0.273 e. The average Bonchev–Trinajstić information content (AvgIpc) is 2.70. The number of likely N-dealkylation sites (N-methyl/N-ethyl adjacent to an activating group) is 1. The molecule has 132 valence electrons. The normalized spacial score (nSPS) is 11.2. The maximum atomic E-state index is 12.1. The van der Waals surface area contributed by atoms with Crippen LogP contribution in [-0.4, -0.2) is 25.8 Å². The van der Waals surface area contributed by atoms with Crippen molar-refractivity contribution in [3.05, 3.63) is 77.9 Å². The van der Waals surface area contributed by atoms with E-state index in [0.717, 1.165) is 22.1 Å². The summed E-state index contributed by atoms with van der Waals surface area (Å²) >= 11 is 0. The first-order chi connectivity index (χ1) is 12.7. The Hall–Kier alpha value is -3.34. The Labute approximate surface area is 152 Å². The lowest BCUT2D eigenvalue weighted by Gasteiger charge is -2.12. The van der Waals surface area contributed by atoms with Crippen LogP contribution in [0.4, 0.5) is 0 Å². The van der Waals surface area contributed by atoms with Gasteiger partial charge in [-0.1, -0.05) is 59.8 Å². The molecule has 1 amide bonds. The summed E-state index contributed by atoms with van der Waals surface area (Å²) in [5.41, 5.74) is 1.74. The van der Waals surface area contributed by atoms with Crippen LogP contribution < -0.4 is 10.1 Å². The number of ether oxygens (including phenoxy) is 1. The van der Waals surface area contributed by atoms with Crippen molar-refractivity contribution < 1.29 is 14.4 Å². The van der Waals surface area contributed by atoms with Crippen molar-refractivity contribution in [1.29, 1.82) is 0 Å². The van der Waals surface area contributed by atoms with Crippen LogP contribution in [0.15, 0.2) is 71.9 Å². The molecule has 3 rings (SSSR count). The van der Waals surface area contributed by atoms with Crippen molar-refractivity contribution in [3.63, 3.8) is 0 Å². The summed E-state index contributed by atoms with van der Waals surface area (Å²) in [6.07, 6.45) is 0. The van der Waals surface area contributed by atoms with Gasteiger partial charge in [0, 0.05) is 12.6 Å². The molecule has 0 fully saturated rings. The molecular weight excluding hydrogens is 328 g/mol. The summed E-state index contributed by atoms with van der Waals surface area (Å²) in [5, 5.41) is 8.73. The number of nitrogens with one attached hydrogen (secondary N) is 1. The van der Waals surface area contributed by atoms with Crippen molar-refractivity contribution in [1.82, 2.24) is 5.32 Å². The highest BCUT2D eigenvalue weighted by atomic mass is 16.6. The Morgan fingerprint density at radius 2 is 1.73 bits per heavy atom. The number of amides is 1. The van der Waals surface area contributed by atoms with Gasteiger partial charge in [-0.25, -0.2) is 0 Å². The van der Waals surface area contributed by atoms with Gasteiger partial charge >= 0.3 is 0 Å². The van der Waals surface area contributed by atoms with E-state index in [9.17, 15) is 4.79 Å². The molecule has 0 aliphatic carbocycles. The van der Waals surface area contributed by atoms with Crippen molar-refractivity contribution in [2.75, 3.05) is 14.2 Å². The largest absolute Gasteiger partial charge is 0.489 e. The van der Waals surface area contributed by atoms with Gasteiger partial charge in [-0.05, 0) is 28.5 Å². The number of benzene rings is 3. The van der Waals surface area contributed by atoms with E-state index in [1.54, 1.807) is 7.05 Å². The SMILES string of the molecule is CNC(=O)C(=NOC)c1ccccc1COc1ccc2ccccc2c1. The fraction of sp³-hybridized carbons (Fsp3) is 0.143. The molecule has 0 bridgehead atoms. The fourth-order valence-electron chi connectivity index (χ4n) is 2.72. The molecule has 0 saturated heterocycles. The summed E-state index contributed by atoms with van der Waals surface area (Å²) < 4.78 is 5.95. The highest BCUT2D eigenvalue weighted by Gasteiger charge is 2.17. The monoisotopic (exact) mass is 348 g/mol. The molecule has 0 aromatic heterocycles. The minimum atomic E-state index is -0.315. The summed E-state index contributed by atoms with van der Waals surface area (Å²) in [6, 6.07) is 21.6. The number of carbonyl (C=O) groups is 1. The molecular formula is C21H20N2O3. The van der Waals surface area contributed by atoms with Crippen LogP contribution in [0.5, 0.6) is 5.75 Å². The maximum absolute atomic E-state index is 12.1. The number of nitrogens with zero attached hydrogens (tertiary/aromatic N) is 1. The Kier molecular flexibility index (Phi) is 5.49. The zero-order valence-electron chi connectivity index (χ0n) is 14.7. The van der Waals surface area contributed by atoms with Crippen molar-refractivity contribution >= 4 is 22.4 Å². The molecule has 0 radical (unpaired) electrons. The topological polar surface area (TPSA) is 59.9 Å². The van der Waals surface area contributed by atoms with Crippen LogP contribution in [0.2, 0.25) is 0 Å². The van der Waals surface area contributed by atoms with Crippen LogP contribution in [0.25, 0.3) is 10.8 Å². The minimum Gasteiger partial charge on any atom is -0.489 e. The predicted molar refractivity (Wildman–Crippen MR) is 102 cm³/mol. The van der Waals surface area contributed by atoms with Gasteiger partial charge in [0.2, 0.25) is 0 Å². The number of hydrogen-bond acceptors (Lipinski definition) is 4. The third kappa shape index (κ3) is 3.83. The molecule has 26 heavy (non-hydrogen) atoms. The van der Waals surface area contributed by atoms with Crippen LogP contribution in [0, 0.1) is 0 Å². The fourth-order valence-corrected chi connectivity index (χ4v) is 2.72. The summed E-state index contributed by atoms with van der Waals surface area (Å²) in [6.45, 7) is 0.314.